The summed E-state index contributed by atoms with van der Waals surface area (Å²) in [5.41, 5.74) is 3.30. The van der Waals surface area contributed by atoms with E-state index in [2.05, 4.69) is 77.0 Å². The van der Waals surface area contributed by atoms with Crippen molar-refractivity contribution in [1.29, 1.82) is 0 Å². The van der Waals surface area contributed by atoms with Crippen LogP contribution in [0.5, 0.6) is 5.75 Å². The molecule has 0 bridgehead atoms. The first kappa shape index (κ1) is 32.4. The Morgan fingerprint density at radius 1 is 1.00 bits per heavy atom. The molecule has 2 rings (SSSR count). The Morgan fingerprint density at radius 2 is 1.64 bits per heavy atom. The molecule has 2 atom stereocenters. The zero-order chi connectivity index (χ0) is 29.4. The molecule has 2 N–H and O–H groups in total. The number of hydrogen-bond acceptors (Lipinski definition) is 4. The van der Waals surface area contributed by atoms with Crippen LogP contribution in [-0.4, -0.2) is 23.2 Å². The number of rotatable bonds is 13. The van der Waals surface area contributed by atoms with Crippen LogP contribution in [0.15, 0.2) is 42.5 Å². The average Bonchev–Trinajstić information content (AvgIpc) is 2.89. The summed E-state index contributed by atoms with van der Waals surface area (Å²) in [7, 11) is 0. The molecule has 0 saturated heterocycles. The van der Waals surface area contributed by atoms with Gasteiger partial charge in [-0.25, -0.2) is 0 Å². The molecule has 1 amide bonds. The number of aliphatic hydroxyl groups excluding tert-OH is 1. The van der Waals surface area contributed by atoms with Crippen LogP contribution in [0.2, 0.25) is 0 Å². The summed E-state index contributed by atoms with van der Waals surface area (Å²) >= 11 is 0. The van der Waals surface area contributed by atoms with Gasteiger partial charge in [0.15, 0.2) is 0 Å². The number of nitrogens with one attached hydrogen (secondary N) is 1. The molecule has 0 saturated carbocycles. The third-order valence-corrected chi connectivity index (χ3v) is 7.74. The lowest BCUT2D eigenvalue weighted by atomic mass is 9.66. The number of terminal acetylenes is 1. The molecule has 2 aromatic rings. The monoisotopic (exact) mass is 535 g/mol. The molecule has 2 aromatic carbocycles. The maximum Gasteiger partial charge on any atom is 0.250 e. The standard InChI is InChI=1S/C34H49NO4/c1-11-30(36)27-20-26(18-19-29(27)35-31(37)23-39-32(4,5)6)38-22-24-14-16-25(17-15-24)28(34(9,10)13-3)21-33(7,8)12-2/h1,14-20,28,30,36H,12-13,21-23H2,2-10H3,(H,35,37). The van der Waals surface area contributed by atoms with Gasteiger partial charge >= 0.3 is 0 Å². The lowest BCUT2D eigenvalue weighted by Gasteiger charge is -2.39. The van der Waals surface area contributed by atoms with Crippen molar-refractivity contribution in [2.24, 2.45) is 10.8 Å². The number of benzene rings is 2. The molecule has 0 heterocycles. The second-order valence-electron chi connectivity index (χ2n) is 12.9. The Hall–Kier alpha value is -2.81. The molecule has 39 heavy (non-hydrogen) atoms. The number of hydrogen-bond donors (Lipinski definition) is 2. The number of ether oxygens (including phenoxy) is 2. The smallest absolute Gasteiger partial charge is 0.250 e. The number of amides is 1. The average molecular weight is 536 g/mol. The molecule has 214 valence electrons. The molecule has 0 fully saturated rings. The molecule has 0 aliphatic carbocycles. The normalized spacial score (nSPS) is 13.9. The molecule has 0 radical (unpaired) electrons. The fraction of sp³-hybridized carbons (Fsp3) is 0.559. The third-order valence-electron chi connectivity index (χ3n) is 7.74. The van der Waals surface area contributed by atoms with Crippen molar-refractivity contribution in [3.8, 4) is 18.1 Å². The number of aliphatic hydroxyl groups is 1. The van der Waals surface area contributed by atoms with Crippen molar-refractivity contribution < 1.29 is 19.4 Å². The van der Waals surface area contributed by atoms with Crippen LogP contribution in [0.4, 0.5) is 5.69 Å². The van der Waals surface area contributed by atoms with Gasteiger partial charge in [-0.1, -0.05) is 84.6 Å². The van der Waals surface area contributed by atoms with E-state index in [0.29, 0.717) is 29.5 Å². The summed E-state index contributed by atoms with van der Waals surface area (Å²) in [5, 5.41) is 13.2. The quantitative estimate of drug-likeness (QED) is 0.255. The Morgan fingerprint density at radius 3 is 2.18 bits per heavy atom. The van der Waals surface area contributed by atoms with E-state index >= 15 is 0 Å². The molecule has 5 heteroatoms. The fourth-order valence-electron chi connectivity index (χ4n) is 4.33. The minimum absolute atomic E-state index is 0.102. The first-order valence-electron chi connectivity index (χ1n) is 14.0. The Labute approximate surface area is 236 Å². The predicted octanol–water partition coefficient (Wildman–Crippen LogP) is 8.03. The molecule has 0 spiro atoms. The Kier molecular flexibility index (Phi) is 11.2. The van der Waals surface area contributed by atoms with Gasteiger partial charge in [0.05, 0.1) is 5.60 Å². The maximum atomic E-state index is 12.4. The van der Waals surface area contributed by atoms with Crippen molar-refractivity contribution in [3.63, 3.8) is 0 Å². The highest BCUT2D eigenvalue weighted by Crippen LogP contribution is 2.46. The van der Waals surface area contributed by atoms with Gasteiger partial charge in [0.2, 0.25) is 5.91 Å². The van der Waals surface area contributed by atoms with Crippen molar-refractivity contribution in [3.05, 3.63) is 59.2 Å². The van der Waals surface area contributed by atoms with E-state index in [1.54, 1.807) is 18.2 Å². The second-order valence-corrected chi connectivity index (χ2v) is 12.9. The van der Waals surface area contributed by atoms with Gasteiger partial charge in [0, 0.05) is 11.3 Å². The van der Waals surface area contributed by atoms with Crippen LogP contribution in [0.3, 0.4) is 0 Å². The van der Waals surface area contributed by atoms with E-state index in [4.69, 9.17) is 15.9 Å². The highest BCUT2D eigenvalue weighted by molar-refractivity contribution is 5.92. The minimum Gasteiger partial charge on any atom is -0.489 e. The first-order chi connectivity index (χ1) is 18.1. The second kappa shape index (κ2) is 13.5. The van der Waals surface area contributed by atoms with Crippen molar-refractivity contribution in [1.82, 2.24) is 0 Å². The van der Waals surface area contributed by atoms with Gasteiger partial charge in [-0.05, 0) is 73.3 Å². The summed E-state index contributed by atoms with van der Waals surface area (Å²) < 4.78 is 11.6. The minimum atomic E-state index is -1.18. The molecular weight excluding hydrogens is 486 g/mol. The Balaban J connectivity index is 2.16. The SMILES string of the molecule is C#CC(O)c1cc(OCc2ccc(C(CC(C)(C)CC)C(C)(C)CC)cc2)ccc1NC(=O)COC(C)(C)C. The van der Waals surface area contributed by atoms with Crippen molar-refractivity contribution in [2.75, 3.05) is 11.9 Å². The lowest BCUT2D eigenvalue weighted by molar-refractivity contribution is -0.125. The van der Waals surface area contributed by atoms with E-state index < -0.39 is 11.7 Å². The molecule has 5 nitrogen and oxygen atoms in total. The zero-order valence-electron chi connectivity index (χ0n) is 25.5. The first-order valence-corrected chi connectivity index (χ1v) is 14.0. The van der Waals surface area contributed by atoms with Crippen LogP contribution in [-0.2, 0) is 16.1 Å². The predicted molar refractivity (Wildman–Crippen MR) is 161 cm³/mol. The highest BCUT2D eigenvalue weighted by atomic mass is 16.5. The topological polar surface area (TPSA) is 67.8 Å². The van der Waals surface area contributed by atoms with Crippen LogP contribution >= 0.6 is 0 Å². The van der Waals surface area contributed by atoms with Crippen molar-refractivity contribution in [2.45, 2.75) is 106 Å². The van der Waals surface area contributed by atoms with E-state index in [-0.39, 0.29) is 23.3 Å². The Bertz CT molecular complexity index is 1120. The van der Waals surface area contributed by atoms with Crippen LogP contribution < -0.4 is 10.1 Å². The molecule has 0 aliphatic rings. The van der Waals surface area contributed by atoms with Gasteiger partial charge in [-0.3, -0.25) is 4.79 Å². The van der Waals surface area contributed by atoms with Crippen molar-refractivity contribution >= 4 is 11.6 Å². The highest BCUT2D eigenvalue weighted by Gasteiger charge is 2.33. The summed E-state index contributed by atoms with van der Waals surface area (Å²) in [6.45, 7) is 19.9. The van der Waals surface area contributed by atoms with Crippen LogP contribution in [0.25, 0.3) is 0 Å². The van der Waals surface area contributed by atoms with Crippen LogP contribution in [0, 0.1) is 23.2 Å². The number of carbonyl (C=O) groups excluding carboxylic acids is 1. The number of carbonyl (C=O) groups is 1. The van der Waals surface area contributed by atoms with E-state index in [1.807, 2.05) is 20.8 Å². The van der Waals surface area contributed by atoms with E-state index in [9.17, 15) is 9.90 Å². The summed E-state index contributed by atoms with van der Waals surface area (Å²) in [4.78, 5) is 12.4. The molecule has 2 unspecified atom stereocenters. The van der Waals surface area contributed by atoms with Gasteiger partial charge in [-0.2, -0.15) is 0 Å². The molecule has 0 aliphatic heterocycles. The summed E-state index contributed by atoms with van der Waals surface area (Å²) in [6, 6.07) is 13.9. The lowest BCUT2D eigenvalue weighted by Crippen LogP contribution is -2.27. The third kappa shape index (κ3) is 10.0. The van der Waals surface area contributed by atoms with Crippen LogP contribution in [0.1, 0.15) is 110 Å². The largest absolute Gasteiger partial charge is 0.489 e. The molecular formula is C34H49NO4. The van der Waals surface area contributed by atoms with Gasteiger partial charge in [-0.15, -0.1) is 6.42 Å². The van der Waals surface area contributed by atoms with Gasteiger partial charge in [0.1, 0.15) is 25.1 Å². The van der Waals surface area contributed by atoms with Gasteiger partial charge < -0.3 is 19.9 Å². The zero-order valence-corrected chi connectivity index (χ0v) is 25.5. The summed E-state index contributed by atoms with van der Waals surface area (Å²) in [5.74, 6) is 3.03. The maximum absolute atomic E-state index is 12.4. The fourth-order valence-corrected chi connectivity index (χ4v) is 4.33. The van der Waals surface area contributed by atoms with Gasteiger partial charge in [0.25, 0.3) is 0 Å². The number of anilines is 1. The molecule has 0 aromatic heterocycles. The van der Waals surface area contributed by atoms with E-state index in [1.165, 1.54) is 5.56 Å². The van der Waals surface area contributed by atoms with E-state index in [0.717, 1.165) is 24.8 Å². The summed E-state index contributed by atoms with van der Waals surface area (Å²) in [6.07, 6.45) is 7.72.